The molecule has 0 heterocycles. The maximum atomic E-state index is 7.07. The van der Waals surface area contributed by atoms with Crippen LogP contribution in [0.15, 0.2) is 144 Å². The average molecular weight is 469 g/mol. The van der Waals surface area contributed by atoms with Crippen molar-refractivity contribution in [3.05, 3.63) is 144 Å². The second-order valence-electron chi connectivity index (χ2n) is 7.54. The third-order valence-corrected chi connectivity index (χ3v) is 11.3. The Hall–Kier alpha value is -2.49. The van der Waals surface area contributed by atoms with Gasteiger partial charge in [0.1, 0.15) is 0 Å². The van der Waals surface area contributed by atoms with Crippen molar-refractivity contribution >= 4 is 48.7 Å². The lowest BCUT2D eigenvalue weighted by Gasteiger charge is -2.28. The van der Waals surface area contributed by atoms with Crippen LogP contribution in [0.1, 0.15) is 0 Å². The van der Waals surface area contributed by atoms with Gasteiger partial charge in [0.05, 0.1) is 5.38 Å². The van der Waals surface area contributed by atoms with Crippen molar-refractivity contribution in [1.82, 2.24) is 0 Å². The van der Waals surface area contributed by atoms with Gasteiger partial charge in [0.25, 0.3) is 0 Å². The molecule has 0 fully saturated rings. The van der Waals surface area contributed by atoms with Gasteiger partial charge >= 0.3 is 0 Å². The first-order valence-electron chi connectivity index (χ1n) is 10.7. The molecule has 1 aliphatic rings. The first-order valence-corrected chi connectivity index (χ1v) is 13.8. The largest absolute Gasteiger partial charge is 0.113 e. The van der Waals surface area contributed by atoms with E-state index in [1.165, 1.54) is 31.8 Å². The maximum Gasteiger partial charge on any atom is 0.0786 e. The number of hydrogen-bond donors (Lipinski definition) is 0. The number of allylic oxidation sites excluding steroid dienone is 4. The van der Waals surface area contributed by atoms with Gasteiger partial charge in [0.2, 0.25) is 0 Å². The molecule has 4 aromatic rings. The van der Waals surface area contributed by atoms with E-state index in [0.29, 0.717) is 0 Å². The van der Waals surface area contributed by atoms with Crippen LogP contribution in [-0.4, -0.2) is 5.38 Å². The lowest BCUT2D eigenvalue weighted by molar-refractivity contribution is 1.40. The van der Waals surface area contributed by atoms with Crippen molar-refractivity contribution in [3.63, 3.8) is 0 Å². The van der Waals surface area contributed by atoms with Gasteiger partial charge in [-0.25, -0.2) is 0 Å². The summed E-state index contributed by atoms with van der Waals surface area (Å²) in [5.41, 5.74) is 0. The summed E-state index contributed by atoms with van der Waals surface area (Å²) in [7, 11) is -1.45. The van der Waals surface area contributed by atoms with E-state index in [4.69, 9.17) is 11.6 Å². The molecule has 1 atom stereocenters. The minimum absolute atomic E-state index is 0.103. The fraction of sp³-hybridized carbons (Fsp3) is 0.0345. The van der Waals surface area contributed by atoms with E-state index < -0.39 is 15.8 Å². The molecule has 0 saturated carbocycles. The number of benzene rings is 4. The maximum absolute atomic E-state index is 7.07. The van der Waals surface area contributed by atoms with Gasteiger partial charge in [-0.3, -0.25) is 0 Å². The highest BCUT2D eigenvalue weighted by atomic mass is 35.5. The van der Waals surface area contributed by atoms with E-state index in [9.17, 15) is 0 Å². The van der Waals surface area contributed by atoms with E-state index in [1.807, 2.05) is 0 Å². The molecule has 5 rings (SSSR count). The number of alkyl halides is 1. The molecule has 0 bridgehead atoms. The monoisotopic (exact) mass is 468 g/mol. The molecule has 3 heteroatoms. The van der Waals surface area contributed by atoms with Crippen LogP contribution in [0.5, 0.6) is 0 Å². The summed E-state index contributed by atoms with van der Waals surface area (Å²) < 4.78 is 0. The van der Waals surface area contributed by atoms with Crippen LogP contribution < -0.4 is 21.2 Å². The predicted octanol–water partition coefficient (Wildman–Crippen LogP) is 6.64. The smallest absolute Gasteiger partial charge is 0.0786 e. The van der Waals surface area contributed by atoms with E-state index in [2.05, 4.69) is 133 Å². The van der Waals surface area contributed by atoms with E-state index >= 15 is 0 Å². The third kappa shape index (κ3) is 4.37. The topological polar surface area (TPSA) is 0 Å². The SMILES string of the molecule is ClC1C=CC(P(c2ccccc2)c2ccccc2)=C1P(c1ccccc1)c1ccccc1. The molecule has 1 unspecified atom stereocenters. The third-order valence-electron chi connectivity index (χ3n) is 5.49. The minimum atomic E-state index is -0.742. The van der Waals surface area contributed by atoms with Crippen LogP contribution in [0.25, 0.3) is 0 Å². The van der Waals surface area contributed by atoms with Gasteiger partial charge in [-0.1, -0.05) is 133 Å². The summed E-state index contributed by atoms with van der Waals surface area (Å²) in [6, 6.07) is 43.5. The second-order valence-corrected chi connectivity index (χ2v) is 12.4. The lowest BCUT2D eigenvalue weighted by atomic mass is 10.4. The van der Waals surface area contributed by atoms with Gasteiger partial charge < -0.3 is 0 Å². The molecular formula is C29H23ClP2. The zero-order valence-corrected chi connectivity index (χ0v) is 20.1. The second kappa shape index (κ2) is 9.97. The summed E-state index contributed by atoms with van der Waals surface area (Å²) in [4.78, 5) is 0. The number of halogens is 1. The molecule has 0 saturated heterocycles. The fourth-order valence-electron chi connectivity index (χ4n) is 4.08. The normalized spacial score (nSPS) is 15.7. The van der Waals surface area contributed by atoms with Crippen LogP contribution in [0.2, 0.25) is 0 Å². The van der Waals surface area contributed by atoms with Crippen molar-refractivity contribution in [2.75, 3.05) is 0 Å². The molecule has 0 radical (unpaired) electrons. The lowest BCUT2D eigenvalue weighted by Crippen LogP contribution is -2.18. The van der Waals surface area contributed by atoms with Crippen LogP contribution in [0.4, 0.5) is 0 Å². The molecule has 0 N–H and O–H groups in total. The Bertz CT molecular complexity index is 1140. The van der Waals surface area contributed by atoms with Gasteiger partial charge in [-0.05, 0) is 47.7 Å². The molecule has 156 valence electrons. The van der Waals surface area contributed by atoms with Crippen LogP contribution in [0.3, 0.4) is 0 Å². The Morgan fingerprint density at radius 3 is 1.19 bits per heavy atom. The molecule has 0 nitrogen and oxygen atoms in total. The first kappa shape index (κ1) is 21.4. The summed E-state index contributed by atoms with van der Waals surface area (Å²) >= 11 is 7.07. The van der Waals surface area contributed by atoms with Crippen molar-refractivity contribution in [1.29, 1.82) is 0 Å². The predicted molar refractivity (Wildman–Crippen MR) is 144 cm³/mol. The Morgan fingerprint density at radius 1 is 0.469 bits per heavy atom. The van der Waals surface area contributed by atoms with Gasteiger partial charge in [-0.2, -0.15) is 0 Å². The number of rotatable bonds is 6. The Morgan fingerprint density at radius 2 is 0.812 bits per heavy atom. The van der Waals surface area contributed by atoms with Crippen molar-refractivity contribution < 1.29 is 0 Å². The zero-order valence-electron chi connectivity index (χ0n) is 17.6. The van der Waals surface area contributed by atoms with Crippen molar-refractivity contribution in [2.45, 2.75) is 5.38 Å². The standard InChI is InChI=1S/C29H23ClP2/c30-27-21-22-28(31(23-13-5-1-6-14-23)24-15-7-2-8-16-24)29(27)32(25-17-9-3-10-18-25)26-19-11-4-12-20-26/h1-22,27H. The average Bonchev–Trinajstić information content (AvgIpc) is 3.23. The summed E-state index contributed by atoms with van der Waals surface area (Å²) in [6.45, 7) is 0. The molecule has 32 heavy (non-hydrogen) atoms. The van der Waals surface area contributed by atoms with Gasteiger partial charge in [0.15, 0.2) is 0 Å². The summed E-state index contributed by atoms with van der Waals surface area (Å²) in [5.74, 6) is 0. The Kier molecular flexibility index (Phi) is 6.66. The summed E-state index contributed by atoms with van der Waals surface area (Å²) in [6.07, 6.45) is 4.47. The van der Waals surface area contributed by atoms with Crippen LogP contribution in [-0.2, 0) is 0 Å². The zero-order chi connectivity index (χ0) is 21.8. The quantitative estimate of drug-likeness (QED) is 0.220. The van der Waals surface area contributed by atoms with E-state index in [0.717, 1.165) is 0 Å². The van der Waals surface area contributed by atoms with E-state index in [1.54, 1.807) is 0 Å². The molecule has 4 aromatic carbocycles. The van der Waals surface area contributed by atoms with Gasteiger partial charge in [0, 0.05) is 0 Å². The highest BCUT2D eigenvalue weighted by Crippen LogP contribution is 2.58. The Labute approximate surface area is 197 Å². The summed E-state index contributed by atoms with van der Waals surface area (Å²) in [5, 5.41) is 8.03. The van der Waals surface area contributed by atoms with Crippen molar-refractivity contribution in [3.8, 4) is 0 Å². The fourth-order valence-corrected chi connectivity index (χ4v) is 10.1. The Balaban J connectivity index is 1.75. The van der Waals surface area contributed by atoms with Crippen LogP contribution in [0, 0.1) is 0 Å². The molecular weight excluding hydrogens is 446 g/mol. The first-order chi connectivity index (χ1) is 15.8. The molecule has 0 amide bonds. The van der Waals surface area contributed by atoms with Gasteiger partial charge in [-0.15, -0.1) is 11.6 Å². The molecule has 0 spiro atoms. The number of hydrogen-bond acceptors (Lipinski definition) is 0. The highest BCUT2D eigenvalue weighted by molar-refractivity contribution is 7.81. The molecule has 0 aliphatic heterocycles. The van der Waals surface area contributed by atoms with E-state index in [-0.39, 0.29) is 5.38 Å². The minimum Gasteiger partial charge on any atom is -0.113 e. The molecule has 0 aromatic heterocycles. The van der Waals surface area contributed by atoms with Crippen LogP contribution >= 0.6 is 27.4 Å². The molecule has 1 aliphatic carbocycles. The highest BCUT2D eigenvalue weighted by Gasteiger charge is 2.33. The van der Waals surface area contributed by atoms with Crippen molar-refractivity contribution in [2.24, 2.45) is 0 Å².